The van der Waals surface area contributed by atoms with E-state index >= 15 is 0 Å². The summed E-state index contributed by atoms with van der Waals surface area (Å²) in [5.41, 5.74) is 10.6. The van der Waals surface area contributed by atoms with Crippen molar-refractivity contribution in [3.05, 3.63) is 102 Å². The first-order valence-corrected chi connectivity index (χ1v) is 14.4. The number of carbonyl (C=O) groups is 1. The summed E-state index contributed by atoms with van der Waals surface area (Å²) in [7, 11) is 0. The number of nitrogen functional groups attached to an aromatic ring is 1. The van der Waals surface area contributed by atoms with Crippen molar-refractivity contribution in [1.29, 1.82) is 0 Å². The Morgan fingerprint density at radius 1 is 0.952 bits per heavy atom. The number of nitrogens with zero attached hydrogens (tertiary/aromatic N) is 2. The molecule has 1 aliphatic heterocycles. The Labute approximate surface area is 247 Å². The summed E-state index contributed by atoms with van der Waals surface area (Å²) < 4.78 is 17.6. The summed E-state index contributed by atoms with van der Waals surface area (Å²) in [6.45, 7) is 9.19. The lowest BCUT2D eigenvalue weighted by Gasteiger charge is -2.26. The van der Waals surface area contributed by atoms with Gasteiger partial charge in [-0.1, -0.05) is 68.4 Å². The van der Waals surface area contributed by atoms with E-state index in [0.717, 1.165) is 49.7 Å². The largest absolute Gasteiger partial charge is 0.492 e. The van der Waals surface area contributed by atoms with Crippen LogP contribution in [0.2, 0.25) is 0 Å². The van der Waals surface area contributed by atoms with E-state index in [1.807, 2.05) is 84.9 Å². The zero-order valence-corrected chi connectivity index (χ0v) is 24.2. The van der Waals surface area contributed by atoms with Gasteiger partial charge in [0.1, 0.15) is 12.4 Å². The Bertz CT molecular complexity index is 1440. The van der Waals surface area contributed by atoms with Crippen LogP contribution in [-0.2, 0) is 9.53 Å². The Balaban J connectivity index is 1.29. The number of pyridine rings is 1. The first-order chi connectivity index (χ1) is 20.5. The molecule has 1 fully saturated rings. The number of ether oxygens (including phenoxy) is 3. The molecule has 3 N–H and O–H groups in total. The summed E-state index contributed by atoms with van der Waals surface area (Å²) in [6.07, 6.45) is 0.766. The molecule has 1 atom stereocenters. The molecule has 8 heteroatoms. The van der Waals surface area contributed by atoms with Crippen LogP contribution in [0.15, 0.2) is 91.1 Å². The van der Waals surface area contributed by atoms with Crippen LogP contribution < -0.4 is 20.5 Å². The fraction of sp³-hybridized carbons (Fsp3) is 0.294. The lowest BCUT2D eigenvalue weighted by Crippen LogP contribution is -2.38. The molecule has 1 amide bonds. The number of benzene rings is 3. The highest BCUT2D eigenvalue weighted by Gasteiger charge is 2.24. The van der Waals surface area contributed by atoms with Gasteiger partial charge >= 0.3 is 0 Å². The Morgan fingerprint density at radius 2 is 1.67 bits per heavy atom. The van der Waals surface area contributed by atoms with Gasteiger partial charge in [0, 0.05) is 42.6 Å². The number of morpholine rings is 1. The second-order valence-corrected chi connectivity index (χ2v) is 10.6. The number of carbonyl (C=O) groups excluding carboxylic acids is 1. The van der Waals surface area contributed by atoms with Crippen molar-refractivity contribution in [1.82, 2.24) is 9.88 Å². The lowest BCUT2D eigenvalue weighted by atomic mass is 10.0. The Kier molecular flexibility index (Phi) is 9.69. The molecule has 8 nitrogen and oxygen atoms in total. The summed E-state index contributed by atoms with van der Waals surface area (Å²) in [6, 6.07) is 26.9. The molecule has 0 spiro atoms. The maximum absolute atomic E-state index is 13.5. The standard InChI is InChI=1S/C34H38N4O4/c1-24(2)25-8-12-29(13-9-25)37-34(39)32(27-6-4-3-5-7-27)42-31-22-28(23-36-33(31)35)26-10-14-30(15-11-26)41-21-18-38-16-19-40-20-17-38/h3-15,22-24,32H,16-21H2,1-2H3,(H2,35,36)(H,37,39). The van der Waals surface area contributed by atoms with Crippen LogP contribution in [0.3, 0.4) is 0 Å². The number of hydrogen-bond acceptors (Lipinski definition) is 7. The molecular formula is C34H38N4O4. The molecule has 0 saturated carbocycles. The third-order valence-corrected chi connectivity index (χ3v) is 7.28. The van der Waals surface area contributed by atoms with Gasteiger partial charge in [-0.25, -0.2) is 4.98 Å². The Morgan fingerprint density at radius 3 is 2.36 bits per heavy atom. The van der Waals surface area contributed by atoms with E-state index in [1.165, 1.54) is 5.56 Å². The van der Waals surface area contributed by atoms with E-state index < -0.39 is 6.10 Å². The predicted molar refractivity (Wildman–Crippen MR) is 166 cm³/mol. The average molecular weight is 567 g/mol. The molecule has 1 aromatic heterocycles. The van der Waals surface area contributed by atoms with E-state index in [4.69, 9.17) is 19.9 Å². The van der Waals surface area contributed by atoms with Gasteiger partial charge < -0.3 is 25.3 Å². The van der Waals surface area contributed by atoms with E-state index in [2.05, 4.69) is 29.0 Å². The molecule has 3 aromatic carbocycles. The first-order valence-electron chi connectivity index (χ1n) is 14.4. The van der Waals surface area contributed by atoms with E-state index in [-0.39, 0.29) is 11.7 Å². The lowest BCUT2D eigenvalue weighted by molar-refractivity contribution is -0.123. The zero-order valence-electron chi connectivity index (χ0n) is 24.2. The normalized spacial score (nSPS) is 14.4. The highest BCUT2D eigenvalue weighted by Crippen LogP contribution is 2.32. The number of nitrogens with two attached hydrogens (primary N) is 1. The summed E-state index contributed by atoms with van der Waals surface area (Å²) in [5.74, 6) is 1.44. The minimum Gasteiger partial charge on any atom is -0.492 e. The van der Waals surface area contributed by atoms with Crippen molar-refractivity contribution in [2.75, 3.05) is 50.5 Å². The van der Waals surface area contributed by atoms with Gasteiger partial charge in [0.05, 0.1) is 13.2 Å². The monoisotopic (exact) mass is 566 g/mol. The number of nitrogens with one attached hydrogen (secondary N) is 1. The van der Waals surface area contributed by atoms with Gasteiger partial charge in [0.15, 0.2) is 11.6 Å². The predicted octanol–water partition coefficient (Wildman–Crippen LogP) is 5.92. The number of amides is 1. The molecule has 0 radical (unpaired) electrons. The number of hydrogen-bond donors (Lipinski definition) is 2. The van der Waals surface area contributed by atoms with Crippen LogP contribution in [-0.4, -0.2) is 55.2 Å². The van der Waals surface area contributed by atoms with Gasteiger partial charge in [0.25, 0.3) is 5.91 Å². The van der Waals surface area contributed by atoms with Crippen molar-refractivity contribution < 1.29 is 19.0 Å². The molecule has 1 unspecified atom stereocenters. The molecule has 2 heterocycles. The molecule has 4 aromatic rings. The topological polar surface area (TPSA) is 98.9 Å². The molecule has 42 heavy (non-hydrogen) atoms. The maximum Gasteiger partial charge on any atom is 0.270 e. The van der Waals surface area contributed by atoms with Crippen molar-refractivity contribution >= 4 is 17.4 Å². The van der Waals surface area contributed by atoms with E-state index in [1.54, 1.807) is 6.20 Å². The number of anilines is 2. The third-order valence-electron chi connectivity index (χ3n) is 7.28. The molecule has 5 rings (SSSR count). The van der Waals surface area contributed by atoms with E-state index in [0.29, 0.717) is 29.5 Å². The minimum absolute atomic E-state index is 0.205. The summed E-state index contributed by atoms with van der Waals surface area (Å²) >= 11 is 0. The van der Waals surface area contributed by atoms with Crippen LogP contribution in [0.5, 0.6) is 11.5 Å². The zero-order chi connectivity index (χ0) is 29.3. The van der Waals surface area contributed by atoms with Crippen LogP contribution in [0, 0.1) is 0 Å². The molecule has 218 valence electrons. The average Bonchev–Trinajstić information content (AvgIpc) is 3.02. The molecule has 1 aliphatic rings. The van der Waals surface area contributed by atoms with Gasteiger partial charge in [-0.3, -0.25) is 9.69 Å². The summed E-state index contributed by atoms with van der Waals surface area (Å²) in [4.78, 5) is 20.2. The first kappa shape index (κ1) is 29.1. The van der Waals surface area contributed by atoms with Crippen LogP contribution >= 0.6 is 0 Å². The Hall–Kier alpha value is -4.40. The second-order valence-electron chi connectivity index (χ2n) is 10.6. The van der Waals surface area contributed by atoms with Gasteiger partial charge in [0.2, 0.25) is 6.10 Å². The number of aromatic nitrogens is 1. The smallest absolute Gasteiger partial charge is 0.270 e. The van der Waals surface area contributed by atoms with Crippen molar-refractivity contribution in [2.45, 2.75) is 25.9 Å². The van der Waals surface area contributed by atoms with Crippen LogP contribution in [0.4, 0.5) is 11.5 Å². The molecule has 1 saturated heterocycles. The van der Waals surface area contributed by atoms with Gasteiger partial charge in [-0.2, -0.15) is 0 Å². The SMILES string of the molecule is CC(C)c1ccc(NC(=O)C(Oc2cc(-c3ccc(OCCN4CCOCC4)cc3)cnc2N)c2ccccc2)cc1. The third kappa shape index (κ3) is 7.66. The summed E-state index contributed by atoms with van der Waals surface area (Å²) in [5, 5.41) is 2.99. The van der Waals surface area contributed by atoms with E-state index in [9.17, 15) is 4.79 Å². The quantitative estimate of drug-likeness (QED) is 0.232. The van der Waals surface area contributed by atoms with Crippen LogP contribution in [0.1, 0.15) is 37.0 Å². The number of rotatable bonds is 11. The molecule has 0 aliphatic carbocycles. The van der Waals surface area contributed by atoms with Crippen molar-refractivity contribution in [3.8, 4) is 22.6 Å². The van der Waals surface area contributed by atoms with Crippen LogP contribution in [0.25, 0.3) is 11.1 Å². The van der Waals surface area contributed by atoms with Crippen molar-refractivity contribution in [3.63, 3.8) is 0 Å². The highest BCUT2D eigenvalue weighted by molar-refractivity contribution is 5.95. The van der Waals surface area contributed by atoms with Crippen molar-refractivity contribution in [2.24, 2.45) is 0 Å². The minimum atomic E-state index is -0.933. The maximum atomic E-state index is 13.5. The second kappa shape index (κ2) is 14.0. The van der Waals surface area contributed by atoms with Gasteiger partial charge in [-0.05, 0) is 47.4 Å². The van der Waals surface area contributed by atoms with Gasteiger partial charge in [-0.15, -0.1) is 0 Å². The molecule has 0 bridgehead atoms. The molecular weight excluding hydrogens is 528 g/mol. The fourth-order valence-electron chi connectivity index (χ4n) is 4.76. The highest BCUT2D eigenvalue weighted by atomic mass is 16.5. The fourth-order valence-corrected chi connectivity index (χ4v) is 4.76.